The molecule has 7 nitrogen and oxygen atoms in total. The Morgan fingerprint density at radius 2 is 2.05 bits per heavy atom. The SMILES string of the molecule is CCc1cc(CNC(=O)NC(C)(C)C(=O)O)n(CC)n1. The monoisotopic (exact) mass is 282 g/mol. The lowest BCUT2D eigenvalue weighted by Crippen LogP contribution is -2.53. The Kier molecular flexibility index (Phi) is 5.12. The molecule has 0 aliphatic carbocycles. The molecule has 0 radical (unpaired) electrons. The van der Waals surface area contributed by atoms with Gasteiger partial charge in [-0.15, -0.1) is 0 Å². The molecule has 0 aliphatic rings. The molecule has 0 aliphatic heterocycles. The first kappa shape index (κ1) is 16.0. The predicted octanol–water partition coefficient (Wildman–Crippen LogP) is 1.13. The number of carboxylic acid groups (broad SMARTS) is 1. The number of hydrogen-bond donors (Lipinski definition) is 3. The highest BCUT2D eigenvalue weighted by Gasteiger charge is 2.28. The van der Waals surface area contributed by atoms with E-state index in [9.17, 15) is 9.59 Å². The van der Waals surface area contributed by atoms with Crippen molar-refractivity contribution < 1.29 is 14.7 Å². The molecule has 0 aromatic carbocycles. The van der Waals surface area contributed by atoms with Crippen LogP contribution in [-0.4, -0.2) is 32.4 Å². The maximum atomic E-state index is 11.7. The molecule has 1 aromatic rings. The summed E-state index contributed by atoms with van der Waals surface area (Å²) in [6.07, 6.45) is 0.832. The van der Waals surface area contributed by atoms with E-state index in [0.717, 1.165) is 24.4 Å². The molecule has 0 unspecified atom stereocenters. The van der Waals surface area contributed by atoms with Crippen LogP contribution in [0.5, 0.6) is 0 Å². The number of hydrogen-bond acceptors (Lipinski definition) is 3. The number of rotatable bonds is 6. The van der Waals surface area contributed by atoms with Gasteiger partial charge in [-0.2, -0.15) is 5.10 Å². The van der Waals surface area contributed by atoms with Gasteiger partial charge in [-0.3, -0.25) is 4.68 Å². The van der Waals surface area contributed by atoms with Crippen LogP contribution in [0.15, 0.2) is 6.07 Å². The molecular formula is C13H22N4O3. The minimum Gasteiger partial charge on any atom is -0.480 e. The van der Waals surface area contributed by atoms with Crippen molar-refractivity contribution in [2.45, 2.75) is 52.7 Å². The zero-order valence-corrected chi connectivity index (χ0v) is 12.4. The van der Waals surface area contributed by atoms with Crippen LogP contribution < -0.4 is 10.6 Å². The second-order valence-electron chi connectivity index (χ2n) is 5.03. The summed E-state index contributed by atoms with van der Waals surface area (Å²) in [5.41, 5.74) is 0.562. The van der Waals surface area contributed by atoms with E-state index in [1.807, 2.05) is 24.6 Å². The standard InChI is InChI=1S/C13H22N4O3/c1-5-9-7-10(17(6-2)16-9)8-14-12(20)15-13(3,4)11(18)19/h7H,5-6,8H2,1-4H3,(H,18,19)(H2,14,15,20). The van der Waals surface area contributed by atoms with Gasteiger partial charge in [0, 0.05) is 6.54 Å². The van der Waals surface area contributed by atoms with Crippen LogP contribution >= 0.6 is 0 Å². The van der Waals surface area contributed by atoms with E-state index >= 15 is 0 Å². The van der Waals surface area contributed by atoms with Crippen molar-refractivity contribution in [1.29, 1.82) is 0 Å². The zero-order valence-electron chi connectivity index (χ0n) is 12.4. The fourth-order valence-electron chi connectivity index (χ4n) is 1.66. The number of carboxylic acids is 1. The smallest absolute Gasteiger partial charge is 0.328 e. The highest BCUT2D eigenvalue weighted by molar-refractivity contribution is 5.85. The minimum absolute atomic E-state index is 0.308. The van der Waals surface area contributed by atoms with Gasteiger partial charge in [-0.1, -0.05) is 6.92 Å². The van der Waals surface area contributed by atoms with Gasteiger partial charge in [0.15, 0.2) is 0 Å². The first-order valence-corrected chi connectivity index (χ1v) is 6.65. The zero-order chi connectivity index (χ0) is 15.3. The number of carbonyl (C=O) groups excluding carboxylic acids is 1. The average molecular weight is 282 g/mol. The summed E-state index contributed by atoms with van der Waals surface area (Å²) in [5.74, 6) is -1.08. The van der Waals surface area contributed by atoms with Gasteiger partial charge in [0.25, 0.3) is 0 Å². The predicted molar refractivity (Wildman–Crippen MR) is 74.4 cm³/mol. The first-order chi connectivity index (χ1) is 9.30. The molecule has 3 N–H and O–H groups in total. The van der Waals surface area contributed by atoms with Gasteiger partial charge < -0.3 is 15.7 Å². The van der Waals surface area contributed by atoms with E-state index in [0.29, 0.717) is 6.54 Å². The van der Waals surface area contributed by atoms with Crippen LogP contribution in [0.3, 0.4) is 0 Å². The van der Waals surface area contributed by atoms with Crippen molar-refractivity contribution >= 4 is 12.0 Å². The summed E-state index contributed by atoms with van der Waals surface area (Å²) in [4.78, 5) is 22.6. The molecule has 0 bridgehead atoms. The lowest BCUT2D eigenvalue weighted by molar-refractivity contribution is -0.142. The third-order valence-corrected chi connectivity index (χ3v) is 2.97. The Morgan fingerprint density at radius 1 is 1.40 bits per heavy atom. The van der Waals surface area contributed by atoms with Crippen LogP contribution in [0.25, 0.3) is 0 Å². The molecule has 0 atom stereocenters. The van der Waals surface area contributed by atoms with Crippen LogP contribution in [0.4, 0.5) is 4.79 Å². The van der Waals surface area contributed by atoms with Gasteiger partial charge in [0.1, 0.15) is 5.54 Å². The van der Waals surface area contributed by atoms with E-state index in [1.165, 1.54) is 13.8 Å². The molecule has 20 heavy (non-hydrogen) atoms. The molecule has 0 spiro atoms. The number of amides is 2. The van der Waals surface area contributed by atoms with Crippen LogP contribution in [-0.2, 0) is 24.3 Å². The molecule has 1 heterocycles. The van der Waals surface area contributed by atoms with Gasteiger partial charge in [-0.25, -0.2) is 9.59 Å². The van der Waals surface area contributed by atoms with E-state index in [4.69, 9.17) is 5.11 Å². The van der Waals surface area contributed by atoms with Crippen molar-refractivity contribution in [3.05, 3.63) is 17.5 Å². The van der Waals surface area contributed by atoms with Crippen molar-refractivity contribution in [2.75, 3.05) is 0 Å². The number of nitrogens with zero attached hydrogens (tertiary/aromatic N) is 2. The Hall–Kier alpha value is -2.05. The summed E-state index contributed by atoms with van der Waals surface area (Å²) in [7, 11) is 0. The Morgan fingerprint density at radius 3 is 2.55 bits per heavy atom. The second kappa shape index (κ2) is 6.40. The largest absolute Gasteiger partial charge is 0.480 e. The highest BCUT2D eigenvalue weighted by atomic mass is 16.4. The van der Waals surface area contributed by atoms with E-state index in [-0.39, 0.29) is 0 Å². The average Bonchev–Trinajstić information content (AvgIpc) is 2.78. The number of carbonyl (C=O) groups is 2. The number of aliphatic carboxylic acids is 1. The third kappa shape index (κ3) is 3.97. The Bertz CT molecular complexity index is 494. The van der Waals surface area contributed by atoms with Crippen molar-refractivity contribution in [3.63, 3.8) is 0 Å². The molecular weight excluding hydrogens is 260 g/mol. The first-order valence-electron chi connectivity index (χ1n) is 6.65. The lowest BCUT2D eigenvalue weighted by atomic mass is 10.1. The molecule has 0 fully saturated rings. The van der Waals surface area contributed by atoms with Crippen molar-refractivity contribution in [1.82, 2.24) is 20.4 Å². The summed E-state index contributed by atoms with van der Waals surface area (Å²) in [6.45, 7) is 7.88. The fourth-order valence-corrected chi connectivity index (χ4v) is 1.66. The molecule has 0 saturated carbocycles. The summed E-state index contributed by atoms with van der Waals surface area (Å²) < 4.78 is 1.82. The number of nitrogens with one attached hydrogen (secondary N) is 2. The minimum atomic E-state index is -1.30. The number of urea groups is 1. The summed E-state index contributed by atoms with van der Waals surface area (Å²) in [6, 6.07) is 1.42. The summed E-state index contributed by atoms with van der Waals surface area (Å²) >= 11 is 0. The van der Waals surface area contributed by atoms with Gasteiger partial charge >= 0.3 is 12.0 Å². The Labute approximate surface area is 118 Å². The van der Waals surface area contributed by atoms with Gasteiger partial charge in [0.2, 0.25) is 0 Å². The molecule has 1 rings (SSSR count). The van der Waals surface area contributed by atoms with Crippen LogP contribution in [0.1, 0.15) is 39.1 Å². The second-order valence-corrected chi connectivity index (χ2v) is 5.03. The number of aryl methyl sites for hydroxylation is 2. The maximum Gasteiger partial charge on any atom is 0.328 e. The fraction of sp³-hybridized carbons (Fsp3) is 0.615. The van der Waals surface area contributed by atoms with E-state index in [2.05, 4.69) is 15.7 Å². The quantitative estimate of drug-likeness (QED) is 0.728. The molecule has 0 saturated heterocycles. The topological polar surface area (TPSA) is 96.3 Å². The molecule has 1 aromatic heterocycles. The normalized spacial score (nSPS) is 11.2. The number of aromatic nitrogens is 2. The maximum absolute atomic E-state index is 11.7. The van der Waals surface area contributed by atoms with Crippen LogP contribution in [0, 0.1) is 0 Å². The molecule has 112 valence electrons. The van der Waals surface area contributed by atoms with Gasteiger partial charge in [0.05, 0.1) is 17.9 Å². The van der Waals surface area contributed by atoms with Crippen molar-refractivity contribution in [2.24, 2.45) is 0 Å². The molecule has 7 heteroatoms. The Balaban J connectivity index is 2.61. The summed E-state index contributed by atoms with van der Waals surface area (Å²) in [5, 5.41) is 18.4. The van der Waals surface area contributed by atoms with Crippen molar-refractivity contribution in [3.8, 4) is 0 Å². The van der Waals surface area contributed by atoms with E-state index < -0.39 is 17.5 Å². The van der Waals surface area contributed by atoms with E-state index in [1.54, 1.807) is 0 Å². The third-order valence-electron chi connectivity index (χ3n) is 2.97. The van der Waals surface area contributed by atoms with Crippen LogP contribution in [0.2, 0.25) is 0 Å². The lowest BCUT2D eigenvalue weighted by Gasteiger charge is -2.21. The highest BCUT2D eigenvalue weighted by Crippen LogP contribution is 2.06. The van der Waals surface area contributed by atoms with Gasteiger partial charge in [-0.05, 0) is 33.3 Å². The molecule has 2 amide bonds.